The fraction of sp³-hybridized carbons (Fsp3) is 0.476. The van der Waals surface area contributed by atoms with Crippen molar-refractivity contribution >= 4 is 23.5 Å². The van der Waals surface area contributed by atoms with Gasteiger partial charge in [0.2, 0.25) is 11.1 Å². The quantitative estimate of drug-likeness (QED) is 0.556. The van der Waals surface area contributed by atoms with E-state index in [2.05, 4.69) is 26.9 Å². The number of hydrogen-bond donors (Lipinski definition) is 1. The smallest absolute Gasteiger partial charge is 0.235 e. The number of hydrogen-bond acceptors (Lipinski definition) is 7. The van der Waals surface area contributed by atoms with Gasteiger partial charge in [0, 0.05) is 5.69 Å². The highest BCUT2D eigenvalue weighted by molar-refractivity contribution is 7.99. The van der Waals surface area contributed by atoms with Gasteiger partial charge in [-0.2, -0.15) is 5.26 Å². The summed E-state index contributed by atoms with van der Waals surface area (Å²) in [7, 11) is 0. The second-order valence-corrected chi connectivity index (χ2v) is 8.69. The number of tetrazole rings is 1. The minimum absolute atomic E-state index is 0.155. The van der Waals surface area contributed by atoms with Crippen LogP contribution in [0, 0.1) is 25.2 Å². The third-order valence-corrected chi connectivity index (χ3v) is 6.74. The highest BCUT2D eigenvalue weighted by Gasteiger charge is 2.23. The Bertz CT molecular complexity index is 1090. The van der Waals surface area contributed by atoms with Crippen LogP contribution in [0.5, 0.6) is 0 Å². The molecule has 1 fully saturated rings. The number of amides is 1. The second kappa shape index (κ2) is 9.39. The van der Waals surface area contributed by atoms with Crippen LogP contribution in [0.1, 0.15) is 60.7 Å². The lowest BCUT2D eigenvalue weighted by Gasteiger charge is -2.21. The molecule has 0 spiro atoms. The zero-order chi connectivity index (χ0) is 21.8. The number of carbonyl (C=O) groups is 1. The summed E-state index contributed by atoms with van der Waals surface area (Å²) < 4.78 is 9.21. The Labute approximate surface area is 184 Å². The Morgan fingerprint density at radius 3 is 2.87 bits per heavy atom. The highest BCUT2D eigenvalue weighted by Crippen LogP contribution is 2.31. The summed E-state index contributed by atoms with van der Waals surface area (Å²) in [5.74, 6) is 1.19. The van der Waals surface area contributed by atoms with Crippen LogP contribution in [0.3, 0.4) is 0 Å². The third kappa shape index (κ3) is 4.51. The number of rotatable bonds is 7. The van der Waals surface area contributed by atoms with Crippen LogP contribution >= 0.6 is 11.8 Å². The maximum Gasteiger partial charge on any atom is 0.235 e. The molecule has 3 heterocycles. The van der Waals surface area contributed by atoms with Crippen molar-refractivity contribution in [3.05, 3.63) is 41.0 Å². The monoisotopic (exact) mass is 439 g/mol. The fourth-order valence-electron chi connectivity index (χ4n) is 4.02. The van der Waals surface area contributed by atoms with E-state index in [4.69, 9.17) is 4.42 Å². The van der Waals surface area contributed by atoms with Gasteiger partial charge in [-0.25, -0.2) is 4.68 Å². The van der Waals surface area contributed by atoms with E-state index < -0.39 is 0 Å². The zero-order valence-corrected chi connectivity index (χ0v) is 18.5. The first-order valence-electron chi connectivity index (χ1n) is 10.4. The van der Waals surface area contributed by atoms with E-state index in [-0.39, 0.29) is 11.7 Å². The van der Waals surface area contributed by atoms with E-state index in [0.717, 1.165) is 29.9 Å². The molecule has 0 atom stereocenters. The van der Waals surface area contributed by atoms with Gasteiger partial charge in [-0.15, -0.1) is 5.10 Å². The molecule has 1 aliphatic carbocycles. The third-order valence-electron chi connectivity index (χ3n) is 5.81. The lowest BCUT2D eigenvalue weighted by Crippen LogP contribution is -2.19. The molecule has 4 rings (SSSR count). The van der Waals surface area contributed by atoms with Crippen LogP contribution in [0.4, 0.5) is 5.82 Å². The highest BCUT2D eigenvalue weighted by atomic mass is 32.2. The fourth-order valence-corrected chi connectivity index (χ4v) is 4.76. The van der Waals surface area contributed by atoms with Gasteiger partial charge >= 0.3 is 0 Å². The minimum Gasteiger partial charge on any atom is -0.467 e. The predicted octanol–water partition coefficient (Wildman–Crippen LogP) is 3.84. The second-order valence-electron chi connectivity index (χ2n) is 7.75. The van der Waals surface area contributed by atoms with E-state index in [1.807, 2.05) is 35.2 Å². The Kier molecular flexibility index (Phi) is 6.42. The molecule has 0 radical (unpaired) electrons. The molecule has 10 heteroatoms. The minimum atomic E-state index is -0.210. The van der Waals surface area contributed by atoms with Crippen LogP contribution < -0.4 is 5.32 Å². The van der Waals surface area contributed by atoms with Gasteiger partial charge in [0.15, 0.2) is 0 Å². The summed E-state index contributed by atoms with van der Waals surface area (Å²) in [5, 5.41) is 25.3. The molecule has 0 saturated heterocycles. The molecular weight excluding hydrogens is 414 g/mol. The number of nitrogens with zero attached hydrogens (tertiary/aromatic N) is 6. The largest absolute Gasteiger partial charge is 0.467 e. The Hall–Kier alpha value is -3.06. The Morgan fingerprint density at radius 1 is 1.35 bits per heavy atom. The van der Waals surface area contributed by atoms with Crippen molar-refractivity contribution in [2.24, 2.45) is 0 Å². The van der Waals surface area contributed by atoms with Crippen molar-refractivity contribution in [2.75, 3.05) is 11.1 Å². The molecule has 1 saturated carbocycles. The van der Waals surface area contributed by atoms with Crippen LogP contribution in [0.25, 0.3) is 0 Å². The first-order valence-corrected chi connectivity index (χ1v) is 11.4. The van der Waals surface area contributed by atoms with Gasteiger partial charge in [-0.3, -0.25) is 4.79 Å². The van der Waals surface area contributed by atoms with Crippen molar-refractivity contribution in [3.8, 4) is 6.07 Å². The van der Waals surface area contributed by atoms with Crippen LogP contribution in [-0.4, -0.2) is 36.4 Å². The summed E-state index contributed by atoms with van der Waals surface area (Å²) in [5.41, 5.74) is 2.23. The van der Waals surface area contributed by atoms with Crippen LogP contribution in [0.15, 0.2) is 28.0 Å². The number of nitrogens with one attached hydrogen (secondary N) is 1. The van der Waals surface area contributed by atoms with Crippen molar-refractivity contribution in [2.45, 2.75) is 63.7 Å². The lowest BCUT2D eigenvalue weighted by atomic mass is 9.96. The summed E-state index contributed by atoms with van der Waals surface area (Å²) in [6.07, 6.45) is 7.35. The zero-order valence-electron chi connectivity index (χ0n) is 17.7. The summed E-state index contributed by atoms with van der Waals surface area (Å²) in [6, 6.07) is 6.21. The Morgan fingerprint density at radius 2 is 2.16 bits per heavy atom. The number of thioether (sulfide) groups is 1. The van der Waals surface area contributed by atoms with Gasteiger partial charge in [-0.1, -0.05) is 31.0 Å². The molecule has 3 aromatic heterocycles. The first-order chi connectivity index (χ1) is 15.1. The molecule has 162 valence electrons. The molecule has 31 heavy (non-hydrogen) atoms. The van der Waals surface area contributed by atoms with Gasteiger partial charge in [0.25, 0.3) is 0 Å². The predicted molar refractivity (Wildman–Crippen MR) is 116 cm³/mol. The molecule has 3 aromatic rings. The molecule has 0 bridgehead atoms. The maximum absolute atomic E-state index is 12.8. The molecular formula is C21H25N7O2S. The topological polar surface area (TPSA) is 115 Å². The first kappa shape index (κ1) is 21.2. The lowest BCUT2D eigenvalue weighted by molar-refractivity contribution is -0.113. The summed E-state index contributed by atoms with van der Waals surface area (Å²) in [4.78, 5) is 12.8. The number of furan rings is 1. The molecule has 9 nitrogen and oxygen atoms in total. The van der Waals surface area contributed by atoms with E-state index in [1.54, 1.807) is 6.26 Å². The van der Waals surface area contributed by atoms with E-state index in [9.17, 15) is 10.1 Å². The number of carbonyl (C=O) groups excluding carboxylic acids is 1. The summed E-state index contributed by atoms with van der Waals surface area (Å²) >= 11 is 1.31. The van der Waals surface area contributed by atoms with Crippen molar-refractivity contribution in [3.63, 3.8) is 0 Å². The Balaban J connectivity index is 1.47. The number of nitriles is 1. The average Bonchev–Trinajstić information content (AvgIpc) is 3.51. The van der Waals surface area contributed by atoms with Crippen LogP contribution in [0.2, 0.25) is 0 Å². The molecule has 1 N–H and O–H groups in total. The number of aromatic nitrogens is 5. The maximum atomic E-state index is 12.8. The molecule has 1 amide bonds. The van der Waals surface area contributed by atoms with E-state index >= 15 is 0 Å². The molecule has 0 aliphatic heterocycles. The molecule has 0 unspecified atom stereocenters. The number of anilines is 1. The SMILES string of the molecule is Cc1c(C#N)c(NC(=O)CSc2nnnn2C2CCCCC2)n(Cc2ccco2)c1C. The van der Waals surface area contributed by atoms with Gasteiger partial charge < -0.3 is 14.3 Å². The van der Waals surface area contributed by atoms with Crippen molar-refractivity contribution in [1.82, 2.24) is 24.8 Å². The standard InChI is InChI=1S/C21H25N7O2S/c1-14-15(2)27(12-17-9-6-10-30-17)20(18(14)11-22)23-19(29)13-31-21-24-25-26-28(21)16-7-4-3-5-8-16/h6,9-10,16H,3-5,7-8,12-13H2,1-2H3,(H,23,29). The van der Waals surface area contributed by atoms with Gasteiger partial charge in [0.1, 0.15) is 17.6 Å². The van der Waals surface area contributed by atoms with Crippen molar-refractivity contribution < 1.29 is 9.21 Å². The normalized spacial score (nSPS) is 14.5. The average molecular weight is 440 g/mol. The van der Waals surface area contributed by atoms with Gasteiger partial charge in [0.05, 0.1) is 30.2 Å². The molecule has 0 aromatic carbocycles. The van der Waals surface area contributed by atoms with Crippen molar-refractivity contribution in [1.29, 1.82) is 5.26 Å². The van der Waals surface area contributed by atoms with E-state index in [1.165, 1.54) is 31.0 Å². The van der Waals surface area contributed by atoms with Gasteiger partial charge in [-0.05, 0) is 54.8 Å². The van der Waals surface area contributed by atoms with Crippen LogP contribution in [-0.2, 0) is 11.3 Å². The molecule has 1 aliphatic rings. The van der Waals surface area contributed by atoms with E-state index in [0.29, 0.717) is 29.1 Å². The summed E-state index contributed by atoms with van der Waals surface area (Å²) in [6.45, 7) is 4.25.